The molecule has 0 radical (unpaired) electrons. The van der Waals surface area contributed by atoms with Gasteiger partial charge in [0.2, 0.25) is 11.1 Å². The third-order valence-corrected chi connectivity index (χ3v) is 4.30. The van der Waals surface area contributed by atoms with Gasteiger partial charge in [0.1, 0.15) is 5.69 Å². The molecule has 2 heterocycles. The van der Waals surface area contributed by atoms with Gasteiger partial charge in [0, 0.05) is 36.7 Å². The molecule has 8 heteroatoms. The van der Waals surface area contributed by atoms with Gasteiger partial charge in [-0.05, 0) is 46.7 Å². The number of nitrogens with zero attached hydrogens (tertiary/aromatic N) is 5. The van der Waals surface area contributed by atoms with E-state index in [2.05, 4.69) is 37.7 Å². The maximum atomic E-state index is 12.1. The first kappa shape index (κ1) is 17.6. The van der Waals surface area contributed by atoms with Gasteiger partial charge in [-0.3, -0.25) is 4.79 Å². The monoisotopic (exact) mass is 364 g/mol. The van der Waals surface area contributed by atoms with E-state index in [1.54, 1.807) is 17.9 Å². The van der Waals surface area contributed by atoms with Crippen molar-refractivity contribution in [3.05, 3.63) is 59.9 Å². The molecule has 0 bridgehead atoms. The molecule has 0 fully saturated rings. The Bertz CT molecular complexity index is 945. The molecule has 3 rings (SSSR count). The number of carbonyl (C=O) groups excluding carboxylic acids is 1. The second kappa shape index (κ2) is 8.78. The first-order valence-corrected chi connectivity index (χ1v) is 8.87. The van der Waals surface area contributed by atoms with Crippen LogP contribution in [0, 0.1) is 11.8 Å². The van der Waals surface area contributed by atoms with Crippen LogP contribution in [0.3, 0.4) is 0 Å². The number of aromatic nitrogens is 5. The normalized spacial score (nSPS) is 10.0. The Balaban J connectivity index is 1.54. The Morgan fingerprint density at radius 1 is 1.23 bits per heavy atom. The SMILES string of the molecule is Cn1nnnc1SCCC(=O)Nc1cccc(C#Cc2ccccn2)c1. The lowest BCUT2D eigenvalue weighted by Gasteiger charge is -2.05. The molecular formula is C18H16N6OS. The van der Waals surface area contributed by atoms with Gasteiger partial charge in [-0.25, -0.2) is 9.67 Å². The van der Waals surface area contributed by atoms with Crippen LogP contribution >= 0.6 is 11.8 Å². The van der Waals surface area contributed by atoms with Gasteiger partial charge in [-0.1, -0.05) is 29.8 Å². The van der Waals surface area contributed by atoms with E-state index in [9.17, 15) is 4.79 Å². The molecule has 26 heavy (non-hydrogen) atoms. The topological polar surface area (TPSA) is 85.6 Å². The third kappa shape index (κ3) is 5.16. The summed E-state index contributed by atoms with van der Waals surface area (Å²) in [6.45, 7) is 0. The quantitative estimate of drug-likeness (QED) is 0.551. The number of aryl methyl sites for hydroxylation is 1. The number of anilines is 1. The van der Waals surface area contributed by atoms with Gasteiger partial charge in [-0.2, -0.15) is 0 Å². The van der Waals surface area contributed by atoms with Crippen molar-refractivity contribution in [3.8, 4) is 11.8 Å². The summed E-state index contributed by atoms with van der Waals surface area (Å²) in [5, 5.41) is 14.7. The predicted octanol–water partition coefficient (Wildman–Crippen LogP) is 2.13. The van der Waals surface area contributed by atoms with E-state index in [-0.39, 0.29) is 5.91 Å². The number of rotatable bonds is 5. The summed E-state index contributed by atoms with van der Waals surface area (Å²) in [6.07, 6.45) is 2.07. The molecule has 130 valence electrons. The maximum Gasteiger partial charge on any atom is 0.225 e. The highest BCUT2D eigenvalue weighted by atomic mass is 32.2. The fourth-order valence-corrected chi connectivity index (χ4v) is 2.84. The number of hydrogen-bond donors (Lipinski definition) is 1. The van der Waals surface area contributed by atoms with Gasteiger partial charge >= 0.3 is 0 Å². The Morgan fingerprint density at radius 3 is 2.92 bits per heavy atom. The van der Waals surface area contributed by atoms with Crippen molar-refractivity contribution in [1.82, 2.24) is 25.2 Å². The Kier molecular flexibility index (Phi) is 5.96. The van der Waals surface area contributed by atoms with E-state index >= 15 is 0 Å². The Hall–Kier alpha value is -3.18. The van der Waals surface area contributed by atoms with E-state index in [1.807, 2.05) is 42.5 Å². The van der Waals surface area contributed by atoms with E-state index < -0.39 is 0 Å². The van der Waals surface area contributed by atoms with Crippen LogP contribution in [-0.4, -0.2) is 36.9 Å². The van der Waals surface area contributed by atoms with Crippen molar-refractivity contribution >= 4 is 23.4 Å². The predicted molar refractivity (Wildman–Crippen MR) is 99.4 cm³/mol. The van der Waals surface area contributed by atoms with Gasteiger partial charge in [-0.15, -0.1) is 5.10 Å². The molecule has 3 aromatic rings. The van der Waals surface area contributed by atoms with Crippen LogP contribution in [0.1, 0.15) is 17.7 Å². The largest absolute Gasteiger partial charge is 0.326 e. The summed E-state index contributed by atoms with van der Waals surface area (Å²) < 4.78 is 1.58. The summed E-state index contributed by atoms with van der Waals surface area (Å²) in [7, 11) is 1.76. The molecule has 0 aliphatic heterocycles. The second-order valence-electron chi connectivity index (χ2n) is 5.28. The molecule has 0 saturated carbocycles. The lowest BCUT2D eigenvalue weighted by Crippen LogP contribution is -2.12. The molecule has 2 aromatic heterocycles. The molecule has 0 saturated heterocycles. The lowest BCUT2D eigenvalue weighted by atomic mass is 10.2. The molecule has 0 aliphatic carbocycles. The zero-order valence-electron chi connectivity index (χ0n) is 14.1. The first-order chi connectivity index (χ1) is 12.7. The number of carbonyl (C=O) groups is 1. The fourth-order valence-electron chi connectivity index (χ4n) is 2.05. The van der Waals surface area contributed by atoms with Gasteiger partial charge in [0.05, 0.1) is 0 Å². The maximum absolute atomic E-state index is 12.1. The number of benzene rings is 1. The van der Waals surface area contributed by atoms with Crippen molar-refractivity contribution < 1.29 is 4.79 Å². The molecule has 0 atom stereocenters. The average molecular weight is 364 g/mol. The summed E-state index contributed by atoms with van der Waals surface area (Å²) in [4.78, 5) is 16.3. The molecule has 1 N–H and O–H groups in total. The zero-order chi connectivity index (χ0) is 18.2. The van der Waals surface area contributed by atoms with E-state index in [0.717, 1.165) is 5.56 Å². The summed E-state index contributed by atoms with van der Waals surface area (Å²) >= 11 is 1.44. The van der Waals surface area contributed by atoms with Crippen molar-refractivity contribution in [2.75, 3.05) is 11.1 Å². The Labute approximate surface area is 155 Å². The van der Waals surface area contributed by atoms with Crippen LogP contribution in [0.15, 0.2) is 53.8 Å². The smallest absolute Gasteiger partial charge is 0.225 e. The third-order valence-electron chi connectivity index (χ3n) is 3.29. The molecule has 1 aromatic carbocycles. The van der Waals surface area contributed by atoms with Crippen molar-refractivity contribution in [3.63, 3.8) is 0 Å². The minimum atomic E-state index is -0.0672. The molecule has 0 spiro atoms. The highest BCUT2D eigenvalue weighted by Crippen LogP contribution is 2.15. The van der Waals surface area contributed by atoms with Crippen LogP contribution in [0.4, 0.5) is 5.69 Å². The highest BCUT2D eigenvalue weighted by Gasteiger charge is 2.06. The summed E-state index contributed by atoms with van der Waals surface area (Å²) in [5.74, 6) is 6.58. The molecule has 1 amide bonds. The van der Waals surface area contributed by atoms with E-state index in [1.165, 1.54) is 11.8 Å². The number of hydrogen-bond acceptors (Lipinski definition) is 6. The van der Waals surface area contributed by atoms with Crippen molar-refractivity contribution in [2.45, 2.75) is 11.6 Å². The number of amides is 1. The standard InChI is InChI=1S/C18H16N6OS/c1-24-18(21-22-23-24)26-12-10-17(25)20-16-7-4-5-14(13-16)8-9-15-6-2-3-11-19-15/h2-7,11,13H,10,12H2,1H3,(H,20,25). The number of thioether (sulfide) groups is 1. The minimum Gasteiger partial charge on any atom is -0.326 e. The second-order valence-corrected chi connectivity index (χ2v) is 6.34. The summed E-state index contributed by atoms with van der Waals surface area (Å²) in [6, 6.07) is 13.0. The first-order valence-electron chi connectivity index (χ1n) is 7.89. The van der Waals surface area contributed by atoms with Crippen molar-refractivity contribution in [2.24, 2.45) is 7.05 Å². The van der Waals surface area contributed by atoms with Gasteiger partial charge in [0.15, 0.2) is 0 Å². The number of pyridine rings is 1. The molecule has 0 aliphatic rings. The van der Waals surface area contributed by atoms with Crippen LogP contribution in [0.5, 0.6) is 0 Å². The minimum absolute atomic E-state index is 0.0672. The van der Waals surface area contributed by atoms with E-state index in [0.29, 0.717) is 28.7 Å². The van der Waals surface area contributed by atoms with Crippen molar-refractivity contribution in [1.29, 1.82) is 0 Å². The highest BCUT2D eigenvalue weighted by molar-refractivity contribution is 7.99. The fraction of sp³-hybridized carbons (Fsp3) is 0.167. The van der Waals surface area contributed by atoms with Gasteiger partial charge in [0.25, 0.3) is 0 Å². The van der Waals surface area contributed by atoms with Gasteiger partial charge < -0.3 is 5.32 Å². The molecular weight excluding hydrogens is 348 g/mol. The van der Waals surface area contributed by atoms with Crippen LogP contribution in [0.25, 0.3) is 0 Å². The summed E-state index contributed by atoms with van der Waals surface area (Å²) in [5.41, 5.74) is 2.23. The van der Waals surface area contributed by atoms with Crippen LogP contribution in [-0.2, 0) is 11.8 Å². The number of tetrazole rings is 1. The molecule has 0 unspecified atom stereocenters. The molecule has 7 nitrogen and oxygen atoms in total. The average Bonchev–Trinajstić information content (AvgIpc) is 3.06. The van der Waals surface area contributed by atoms with Crippen LogP contribution < -0.4 is 5.32 Å². The van der Waals surface area contributed by atoms with Crippen LogP contribution in [0.2, 0.25) is 0 Å². The number of nitrogens with one attached hydrogen (secondary N) is 1. The Morgan fingerprint density at radius 2 is 2.15 bits per heavy atom. The van der Waals surface area contributed by atoms with E-state index in [4.69, 9.17) is 0 Å². The zero-order valence-corrected chi connectivity index (χ0v) is 14.9. The lowest BCUT2D eigenvalue weighted by molar-refractivity contribution is -0.115.